The van der Waals surface area contributed by atoms with Crippen molar-refractivity contribution in [3.8, 4) is 5.75 Å². The van der Waals surface area contributed by atoms with Gasteiger partial charge in [-0.3, -0.25) is 4.79 Å². The molecule has 1 amide bonds. The molecule has 0 fully saturated rings. The van der Waals surface area contributed by atoms with Crippen molar-refractivity contribution in [2.24, 2.45) is 0 Å². The third-order valence-electron chi connectivity index (χ3n) is 3.82. The van der Waals surface area contributed by atoms with Crippen molar-refractivity contribution in [2.45, 2.75) is 13.8 Å². The maximum Gasteiger partial charge on any atom is 0.341 e. The number of hydrogen-bond donors (Lipinski definition) is 1. The number of halogens is 1. The van der Waals surface area contributed by atoms with E-state index >= 15 is 0 Å². The zero-order valence-electron chi connectivity index (χ0n) is 14.9. The van der Waals surface area contributed by atoms with Crippen LogP contribution in [0.15, 0.2) is 42.5 Å². The van der Waals surface area contributed by atoms with E-state index in [-0.39, 0.29) is 19.1 Å². The molecule has 3 rings (SSSR count). The second kappa shape index (κ2) is 8.41. The van der Waals surface area contributed by atoms with E-state index in [9.17, 15) is 9.59 Å². The second-order valence-electron chi connectivity index (χ2n) is 5.77. The number of fused-ring (bicyclic) bond motifs is 1. The number of amides is 1. The number of benzene rings is 2. The number of carbonyl (C=O) groups is 2. The summed E-state index contributed by atoms with van der Waals surface area (Å²) in [5.41, 5.74) is 1.21. The summed E-state index contributed by atoms with van der Waals surface area (Å²) < 4.78 is 11.6. The van der Waals surface area contributed by atoms with Gasteiger partial charge in [-0.25, -0.2) is 4.79 Å². The molecule has 0 unspecified atom stereocenters. The lowest BCUT2D eigenvalue weighted by molar-refractivity contribution is -0.118. The summed E-state index contributed by atoms with van der Waals surface area (Å²) in [6.45, 7) is 3.67. The van der Waals surface area contributed by atoms with E-state index in [1.807, 2.05) is 31.2 Å². The first kappa shape index (κ1) is 19.2. The molecule has 0 aliphatic carbocycles. The van der Waals surface area contributed by atoms with E-state index in [0.29, 0.717) is 21.3 Å². The van der Waals surface area contributed by atoms with E-state index in [2.05, 4.69) is 5.32 Å². The van der Waals surface area contributed by atoms with Crippen LogP contribution >= 0.6 is 22.9 Å². The predicted octanol–water partition coefficient (Wildman–Crippen LogP) is 5.06. The molecule has 27 heavy (non-hydrogen) atoms. The summed E-state index contributed by atoms with van der Waals surface area (Å²) in [6, 6.07) is 12.6. The lowest BCUT2D eigenvalue weighted by Gasteiger charge is -2.10. The van der Waals surface area contributed by atoms with Crippen LogP contribution in [0.5, 0.6) is 5.75 Å². The minimum Gasteiger partial charge on any atom is -0.483 e. The molecule has 1 aromatic heterocycles. The van der Waals surface area contributed by atoms with Gasteiger partial charge in [0.1, 0.15) is 16.3 Å². The average molecular weight is 404 g/mol. The van der Waals surface area contributed by atoms with E-state index in [0.717, 1.165) is 15.6 Å². The Morgan fingerprint density at radius 1 is 1.19 bits per heavy atom. The largest absolute Gasteiger partial charge is 0.483 e. The van der Waals surface area contributed by atoms with Gasteiger partial charge in [0.25, 0.3) is 5.91 Å². The zero-order chi connectivity index (χ0) is 19.4. The molecule has 0 bridgehead atoms. The van der Waals surface area contributed by atoms with Gasteiger partial charge in [-0.1, -0.05) is 29.8 Å². The number of ether oxygens (including phenoxy) is 2. The van der Waals surface area contributed by atoms with Gasteiger partial charge >= 0.3 is 5.97 Å². The van der Waals surface area contributed by atoms with Crippen LogP contribution in [-0.4, -0.2) is 25.1 Å². The summed E-state index contributed by atoms with van der Waals surface area (Å²) >= 11 is 7.25. The van der Waals surface area contributed by atoms with Crippen molar-refractivity contribution < 1.29 is 19.1 Å². The summed E-state index contributed by atoms with van der Waals surface area (Å²) in [7, 11) is 0. The molecule has 5 nitrogen and oxygen atoms in total. The van der Waals surface area contributed by atoms with Crippen LogP contribution in [0.1, 0.15) is 22.8 Å². The molecule has 0 aliphatic rings. The Balaban J connectivity index is 1.78. The first-order valence-corrected chi connectivity index (χ1v) is 9.56. The Kier molecular flexibility index (Phi) is 5.98. The smallest absolute Gasteiger partial charge is 0.341 e. The molecule has 0 aliphatic heterocycles. The van der Waals surface area contributed by atoms with Gasteiger partial charge < -0.3 is 14.8 Å². The maximum atomic E-state index is 12.4. The Labute approximate surface area is 165 Å². The highest BCUT2D eigenvalue weighted by Gasteiger charge is 2.21. The molecule has 140 valence electrons. The van der Waals surface area contributed by atoms with Crippen molar-refractivity contribution in [1.82, 2.24) is 0 Å². The standard InChI is InChI=1S/C20H18ClNO4S/c1-3-25-20(24)18-14-6-4-5-7-16(14)27-19(18)22-17(23)11-26-15-9-8-13(21)10-12(15)2/h4-10H,3,11H2,1-2H3,(H,22,23). The quantitative estimate of drug-likeness (QED) is 0.584. The topological polar surface area (TPSA) is 64.6 Å². The predicted molar refractivity (Wildman–Crippen MR) is 108 cm³/mol. The molecular weight excluding hydrogens is 386 g/mol. The van der Waals surface area contributed by atoms with Gasteiger partial charge in [0, 0.05) is 15.1 Å². The third kappa shape index (κ3) is 4.40. The zero-order valence-corrected chi connectivity index (χ0v) is 16.4. The van der Waals surface area contributed by atoms with Gasteiger partial charge in [0.05, 0.1) is 6.61 Å². The minimum atomic E-state index is -0.459. The molecular formula is C20H18ClNO4S. The molecule has 3 aromatic rings. The Morgan fingerprint density at radius 3 is 2.70 bits per heavy atom. The highest BCUT2D eigenvalue weighted by atomic mass is 35.5. The van der Waals surface area contributed by atoms with E-state index in [4.69, 9.17) is 21.1 Å². The van der Waals surface area contributed by atoms with Gasteiger partial charge in [-0.05, 0) is 43.7 Å². The number of thiophene rings is 1. The summed E-state index contributed by atoms with van der Waals surface area (Å²) in [6.07, 6.45) is 0. The molecule has 0 saturated carbocycles. The van der Waals surface area contributed by atoms with Gasteiger partial charge in [0.15, 0.2) is 6.61 Å². The van der Waals surface area contributed by atoms with Crippen molar-refractivity contribution in [1.29, 1.82) is 0 Å². The molecule has 0 atom stereocenters. The lowest BCUT2D eigenvalue weighted by Crippen LogP contribution is -2.21. The van der Waals surface area contributed by atoms with Gasteiger partial charge in [-0.15, -0.1) is 11.3 Å². The summed E-state index contributed by atoms with van der Waals surface area (Å²) in [4.78, 5) is 24.7. The van der Waals surface area contributed by atoms with Crippen molar-refractivity contribution >= 4 is 49.9 Å². The van der Waals surface area contributed by atoms with Crippen molar-refractivity contribution in [3.05, 3.63) is 58.6 Å². The number of anilines is 1. The van der Waals surface area contributed by atoms with Crippen LogP contribution in [0.25, 0.3) is 10.1 Å². The first-order valence-electron chi connectivity index (χ1n) is 8.37. The number of esters is 1. The third-order valence-corrected chi connectivity index (χ3v) is 5.15. The molecule has 1 heterocycles. The fraction of sp³-hybridized carbons (Fsp3) is 0.200. The molecule has 0 radical (unpaired) electrons. The van der Waals surface area contributed by atoms with Gasteiger partial charge in [0.2, 0.25) is 0 Å². The summed E-state index contributed by atoms with van der Waals surface area (Å²) in [5.74, 6) is -0.238. The van der Waals surface area contributed by atoms with Crippen LogP contribution in [0.4, 0.5) is 5.00 Å². The highest BCUT2D eigenvalue weighted by Crippen LogP contribution is 2.36. The fourth-order valence-electron chi connectivity index (χ4n) is 2.62. The highest BCUT2D eigenvalue weighted by molar-refractivity contribution is 7.23. The fourth-order valence-corrected chi connectivity index (χ4v) is 3.95. The number of carbonyl (C=O) groups excluding carboxylic acids is 2. The monoisotopic (exact) mass is 403 g/mol. The van der Waals surface area contributed by atoms with Crippen LogP contribution in [-0.2, 0) is 9.53 Å². The van der Waals surface area contributed by atoms with Crippen LogP contribution < -0.4 is 10.1 Å². The van der Waals surface area contributed by atoms with Crippen LogP contribution in [0.3, 0.4) is 0 Å². The second-order valence-corrected chi connectivity index (χ2v) is 7.26. The molecule has 2 aromatic carbocycles. The van der Waals surface area contributed by atoms with E-state index < -0.39 is 5.97 Å². The normalized spacial score (nSPS) is 10.6. The number of nitrogens with one attached hydrogen (secondary N) is 1. The van der Waals surface area contributed by atoms with Crippen molar-refractivity contribution in [3.63, 3.8) is 0 Å². The van der Waals surface area contributed by atoms with Crippen molar-refractivity contribution in [2.75, 3.05) is 18.5 Å². The maximum absolute atomic E-state index is 12.4. The van der Waals surface area contributed by atoms with Crippen LogP contribution in [0.2, 0.25) is 5.02 Å². The molecule has 1 N–H and O–H groups in total. The van der Waals surface area contributed by atoms with E-state index in [1.165, 1.54) is 11.3 Å². The number of aryl methyl sites for hydroxylation is 1. The lowest BCUT2D eigenvalue weighted by atomic mass is 10.1. The molecule has 0 spiro atoms. The molecule has 7 heteroatoms. The Hall–Kier alpha value is -2.57. The first-order chi connectivity index (χ1) is 13.0. The minimum absolute atomic E-state index is 0.182. The number of hydrogen-bond acceptors (Lipinski definition) is 5. The Bertz CT molecular complexity index is 999. The Morgan fingerprint density at radius 2 is 1.96 bits per heavy atom. The SMILES string of the molecule is CCOC(=O)c1c(NC(=O)COc2ccc(Cl)cc2C)sc2ccccc12. The van der Waals surface area contributed by atoms with Gasteiger partial charge in [-0.2, -0.15) is 0 Å². The average Bonchev–Trinajstić information content (AvgIpc) is 2.99. The summed E-state index contributed by atoms with van der Waals surface area (Å²) in [5, 5.41) is 4.58. The van der Waals surface area contributed by atoms with E-state index in [1.54, 1.807) is 25.1 Å². The van der Waals surface area contributed by atoms with Crippen LogP contribution in [0, 0.1) is 6.92 Å². The molecule has 0 saturated heterocycles. The number of rotatable bonds is 6.